The van der Waals surface area contributed by atoms with Crippen LogP contribution >= 0.6 is 0 Å². The Morgan fingerprint density at radius 3 is 2.93 bits per heavy atom. The van der Waals surface area contributed by atoms with Gasteiger partial charge in [-0.3, -0.25) is 5.32 Å². The summed E-state index contributed by atoms with van der Waals surface area (Å²) in [7, 11) is 0. The molecule has 3 nitrogen and oxygen atoms in total. The number of nitrogens with one attached hydrogen (secondary N) is 2. The second-order valence-electron chi connectivity index (χ2n) is 4.00. The van der Waals surface area contributed by atoms with Crippen LogP contribution in [0.3, 0.4) is 0 Å². The van der Waals surface area contributed by atoms with Crippen molar-refractivity contribution in [2.24, 2.45) is 0 Å². The molecule has 1 atom stereocenters. The smallest absolute Gasteiger partial charge is 0.181 e. The Hall–Kier alpha value is -1.06. The van der Waals surface area contributed by atoms with E-state index in [0.717, 1.165) is 12.2 Å². The van der Waals surface area contributed by atoms with E-state index in [1.807, 2.05) is 6.07 Å². The Balaban J connectivity index is 2.31. The first-order valence-electron chi connectivity index (χ1n) is 4.97. The van der Waals surface area contributed by atoms with Crippen LogP contribution in [0, 0.1) is 0 Å². The molecule has 1 aromatic rings. The average molecular weight is 192 g/mol. The summed E-state index contributed by atoms with van der Waals surface area (Å²) in [5.41, 5.74) is 3.59. The third kappa shape index (κ3) is 1.74. The average Bonchev–Trinajstić information content (AvgIpc) is 2.16. The standard InChI is InChI=1S/C11H16N2O/c1-7(2)8-3-4-10-9(5-8)6-12-11(14)13-10/h3-5,7,11-14H,6H2,1-2H3. The fraction of sp³-hybridized carbons (Fsp3) is 0.455. The van der Waals surface area contributed by atoms with Gasteiger partial charge in [-0.2, -0.15) is 0 Å². The highest BCUT2D eigenvalue weighted by Crippen LogP contribution is 2.24. The molecule has 3 heteroatoms. The van der Waals surface area contributed by atoms with Gasteiger partial charge in [0.1, 0.15) is 0 Å². The summed E-state index contributed by atoms with van der Waals surface area (Å²) >= 11 is 0. The van der Waals surface area contributed by atoms with Crippen LogP contribution in [0.4, 0.5) is 5.69 Å². The molecular formula is C11H16N2O. The van der Waals surface area contributed by atoms with Crippen LogP contribution in [0.2, 0.25) is 0 Å². The van der Waals surface area contributed by atoms with Gasteiger partial charge in [-0.25, -0.2) is 0 Å². The van der Waals surface area contributed by atoms with E-state index in [0.29, 0.717) is 5.92 Å². The summed E-state index contributed by atoms with van der Waals surface area (Å²) in [4.78, 5) is 0. The van der Waals surface area contributed by atoms with Crippen molar-refractivity contribution >= 4 is 5.69 Å². The topological polar surface area (TPSA) is 44.3 Å². The van der Waals surface area contributed by atoms with Crippen LogP contribution in [-0.2, 0) is 6.54 Å². The Morgan fingerprint density at radius 1 is 1.43 bits per heavy atom. The third-order valence-electron chi connectivity index (χ3n) is 2.57. The van der Waals surface area contributed by atoms with Gasteiger partial charge in [-0.15, -0.1) is 0 Å². The molecule has 0 saturated heterocycles. The van der Waals surface area contributed by atoms with Crippen LogP contribution in [-0.4, -0.2) is 11.5 Å². The Labute approximate surface area is 84.1 Å². The zero-order valence-electron chi connectivity index (χ0n) is 8.54. The minimum absolute atomic E-state index is 0.548. The van der Waals surface area contributed by atoms with Gasteiger partial charge in [0.05, 0.1) is 0 Å². The number of aliphatic hydroxyl groups is 1. The van der Waals surface area contributed by atoms with E-state index in [-0.39, 0.29) is 0 Å². The lowest BCUT2D eigenvalue weighted by molar-refractivity contribution is 0.158. The molecule has 0 fully saturated rings. The molecule has 1 aliphatic heterocycles. The van der Waals surface area contributed by atoms with Crippen LogP contribution < -0.4 is 10.6 Å². The number of anilines is 1. The highest BCUT2D eigenvalue weighted by atomic mass is 16.3. The van der Waals surface area contributed by atoms with E-state index in [4.69, 9.17) is 0 Å². The molecule has 0 aromatic heterocycles. The SMILES string of the molecule is CC(C)c1ccc2c(c1)CNC(O)N2. The van der Waals surface area contributed by atoms with E-state index in [2.05, 4.69) is 36.6 Å². The molecule has 1 unspecified atom stereocenters. The molecule has 1 aliphatic rings. The lowest BCUT2D eigenvalue weighted by atomic mass is 9.99. The molecule has 1 aromatic carbocycles. The molecule has 0 amide bonds. The number of benzene rings is 1. The summed E-state index contributed by atoms with van der Waals surface area (Å²) in [6.45, 7) is 5.09. The second-order valence-corrected chi connectivity index (χ2v) is 4.00. The van der Waals surface area contributed by atoms with Crippen molar-refractivity contribution in [3.05, 3.63) is 29.3 Å². The Bertz CT molecular complexity index is 336. The number of fused-ring (bicyclic) bond motifs is 1. The fourth-order valence-electron chi connectivity index (χ4n) is 1.66. The Kier molecular flexibility index (Phi) is 2.44. The third-order valence-corrected chi connectivity index (χ3v) is 2.57. The quantitative estimate of drug-likeness (QED) is 0.633. The van der Waals surface area contributed by atoms with Gasteiger partial charge in [0.2, 0.25) is 0 Å². The van der Waals surface area contributed by atoms with Gasteiger partial charge in [-0.05, 0) is 23.1 Å². The number of hydrogen-bond donors (Lipinski definition) is 3. The predicted molar refractivity (Wildman–Crippen MR) is 57.0 cm³/mol. The van der Waals surface area contributed by atoms with Crippen LogP contribution in [0.15, 0.2) is 18.2 Å². The first kappa shape index (κ1) is 9.49. The molecule has 76 valence electrons. The van der Waals surface area contributed by atoms with Crippen LogP contribution in [0.1, 0.15) is 30.9 Å². The maximum absolute atomic E-state index is 9.31. The first-order valence-corrected chi connectivity index (χ1v) is 4.97. The van der Waals surface area contributed by atoms with Gasteiger partial charge in [0, 0.05) is 12.2 Å². The minimum Gasteiger partial charge on any atom is -0.361 e. The lowest BCUT2D eigenvalue weighted by Gasteiger charge is -2.25. The predicted octanol–water partition coefficient (Wildman–Crippen LogP) is 1.60. The van der Waals surface area contributed by atoms with Gasteiger partial charge >= 0.3 is 0 Å². The van der Waals surface area contributed by atoms with Crippen molar-refractivity contribution in [2.45, 2.75) is 32.7 Å². The Morgan fingerprint density at radius 2 is 2.21 bits per heavy atom. The fourth-order valence-corrected chi connectivity index (χ4v) is 1.66. The van der Waals surface area contributed by atoms with E-state index in [1.54, 1.807) is 0 Å². The second kappa shape index (κ2) is 3.59. The van der Waals surface area contributed by atoms with Crippen molar-refractivity contribution in [3.63, 3.8) is 0 Å². The minimum atomic E-state index is -0.618. The maximum atomic E-state index is 9.31. The van der Waals surface area contributed by atoms with Crippen molar-refractivity contribution in [2.75, 3.05) is 5.32 Å². The molecular weight excluding hydrogens is 176 g/mol. The molecule has 0 saturated carbocycles. The summed E-state index contributed by atoms with van der Waals surface area (Å²) < 4.78 is 0. The van der Waals surface area contributed by atoms with E-state index < -0.39 is 6.35 Å². The van der Waals surface area contributed by atoms with E-state index >= 15 is 0 Å². The van der Waals surface area contributed by atoms with Gasteiger partial charge in [0.25, 0.3) is 0 Å². The van der Waals surface area contributed by atoms with E-state index in [9.17, 15) is 5.11 Å². The summed E-state index contributed by atoms with van der Waals surface area (Å²) in [5, 5.41) is 15.2. The number of hydrogen-bond acceptors (Lipinski definition) is 3. The summed E-state index contributed by atoms with van der Waals surface area (Å²) in [6, 6.07) is 6.33. The molecule has 0 aliphatic carbocycles. The molecule has 0 spiro atoms. The maximum Gasteiger partial charge on any atom is 0.181 e. The lowest BCUT2D eigenvalue weighted by Crippen LogP contribution is -2.39. The zero-order valence-corrected chi connectivity index (χ0v) is 8.54. The van der Waals surface area contributed by atoms with E-state index in [1.165, 1.54) is 11.1 Å². The van der Waals surface area contributed by atoms with Crippen molar-refractivity contribution in [3.8, 4) is 0 Å². The summed E-state index contributed by atoms with van der Waals surface area (Å²) in [6.07, 6.45) is -0.618. The monoisotopic (exact) mass is 192 g/mol. The number of aliphatic hydroxyl groups excluding tert-OH is 1. The number of rotatable bonds is 1. The largest absolute Gasteiger partial charge is 0.361 e. The van der Waals surface area contributed by atoms with Gasteiger partial charge < -0.3 is 10.4 Å². The van der Waals surface area contributed by atoms with Crippen molar-refractivity contribution in [1.82, 2.24) is 5.32 Å². The van der Waals surface area contributed by atoms with Crippen molar-refractivity contribution in [1.29, 1.82) is 0 Å². The molecule has 14 heavy (non-hydrogen) atoms. The molecule has 3 N–H and O–H groups in total. The normalized spacial score (nSPS) is 20.4. The van der Waals surface area contributed by atoms with Gasteiger partial charge in [-0.1, -0.05) is 26.0 Å². The molecule has 0 radical (unpaired) electrons. The molecule has 2 rings (SSSR count). The highest BCUT2D eigenvalue weighted by molar-refractivity contribution is 5.54. The van der Waals surface area contributed by atoms with Crippen molar-refractivity contribution < 1.29 is 5.11 Å². The van der Waals surface area contributed by atoms with Crippen LogP contribution in [0.25, 0.3) is 0 Å². The van der Waals surface area contributed by atoms with Crippen LogP contribution in [0.5, 0.6) is 0 Å². The zero-order chi connectivity index (χ0) is 10.1. The first-order chi connectivity index (χ1) is 6.66. The summed E-state index contributed by atoms with van der Waals surface area (Å²) in [5.74, 6) is 0.548. The highest BCUT2D eigenvalue weighted by Gasteiger charge is 2.14. The molecule has 1 heterocycles. The van der Waals surface area contributed by atoms with Gasteiger partial charge in [0.15, 0.2) is 6.35 Å². The molecule has 0 bridgehead atoms.